The first-order valence-electron chi connectivity index (χ1n) is 17.1. The second-order valence-corrected chi connectivity index (χ2v) is 17.5. The van der Waals surface area contributed by atoms with Crippen LogP contribution in [0.1, 0.15) is 53.4 Å². The molecule has 0 aliphatic carbocycles. The van der Waals surface area contributed by atoms with Crippen molar-refractivity contribution in [1.82, 2.24) is 9.55 Å². The van der Waals surface area contributed by atoms with Crippen molar-refractivity contribution < 1.29 is 30.0 Å². The third-order valence-electron chi connectivity index (χ3n) is 10.2. The molecule has 4 nitrogen and oxygen atoms in total. The summed E-state index contributed by atoms with van der Waals surface area (Å²) in [5.74, 6) is 0.547. The summed E-state index contributed by atoms with van der Waals surface area (Å²) in [6.07, 6.45) is 6.87. The number of allylic oxidation sites excluding steroid dienone is 2. The molecule has 0 atom stereocenters. The van der Waals surface area contributed by atoms with E-state index in [0.29, 0.717) is 0 Å². The third kappa shape index (κ3) is 6.22. The maximum atomic E-state index is 11.7. The molecule has 3 heterocycles. The molecule has 0 spiro atoms. The fraction of sp³-hybridized carbons (Fsp3) is 0.286. The number of benzene rings is 4. The monoisotopic (exact) mass is 830 g/mol. The van der Waals surface area contributed by atoms with Gasteiger partial charge < -0.3 is 9.67 Å². The number of rotatable bonds is 8. The van der Waals surface area contributed by atoms with Gasteiger partial charge in [-0.25, -0.2) is 0 Å². The number of para-hydroxylation sites is 1. The number of aromatic nitrogens is 2. The van der Waals surface area contributed by atoms with Crippen LogP contribution in [0, 0.1) is 17.9 Å². The van der Waals surface area contributed by atoms with E-state index < -0.39 is 8.07 Å². The summed E-state index contributed by atoms with van der Waals surface area (Å²) in [6, 6.07) is 34.4. The van der Waals surface area contributed by atoms with Crippen LogP contribution in [-0.4, -0.2) is 28.5 Å². The van der Waals surface area contributed by atoms with E-state index in [-0.39, 0.29) is 43.5 Å². The van der Waals surface area contributed by atoms with E-state index in [9.17, 15) is 9.90 Å². The summed E-state index contributed by atoms with van der Waals surface area (Å²) in [5.41, 5.74) is 5.89. The zero-order valence-corrected chi connectivity index (χ0v) is 32.2. The number of pyridine rings is 1. The Morgan fingerprint density at radius 3 is 2.15 bits per heavy atom. The van der Waals surface area contributed by atoms with Crippen LogP contribution in [0.5, 0.6) is 0 Å². The molecule has 6 aromatic rings. The first-order chi connectivity index (χ1) is 22.7. The second-order valence-electron chi connectivity index (χ2n) is 13.2. The zero-order chi connectivity index (χ0) is 33.3. The quantitative estimate of drug-likeness (QED) is 0.0720. The minimum absolute atomic E-state index is 0. The van der Waals surface area contributed by atoms with Crippen LogP contribution in [0.2, 0.25) is 13.1 Å². The van der Waals surface area contributed by atoms with Gasteiger partial charge in [0.1, 0.15) is 0 Å². The molecule has 48 heavy (non-hydrogen) atoms. The van der Waals surface area contributed by atoms with Crippen molar-refractivity contribution >= 4 is 56.8 Å². The normalized spacial score (nSPS) is 13.4. The van der Waals surface area contributed by atoms with Gasteiger partial charge >= 0.3 is 0 Å². The van der Waals surface area contributed by atoms with E-state index in [1.165, 1.54) is 54.9 Å². The Bertz CT molecular complexity index is 2110. The van der Waals surface area contributed by atoms with Crippen molar-refractivity contribution in [2.24, 2.45) is 11.8 Å². The van der Waals surface area contributed by atoms with Gasteiger partial charge in [0.25, 0.3) is 0 Å². The fourth-order valence-electron chi connectivity index (χ4n) is 7.34. The van der Waals surface area contributed by atoms with Crippen molar-refractivity contribution in [3.8, 4) is 16.9 Å². The van der Waals surface area contributed by atoms with Crippen LogP contribution in [-0.2, 0) is 24.9 Å². The molecule has 249 valence electrons. The van der Waals surface area contributed by atoms with Crippen molar-refractivity contribution in [3.05, 3.63) is 109 Å². The minimum atomic E-state index is -2.02. The molecule has 2 aromatic heterocycles. The molecule has 1 aliphatic rings. The van der Waals surface area contributed by atoms with Gasteiger partial charge in [-0.1, -0.05) is 105 Å². The Kier molecular flexibility index (Phi) is 10.9. The largest absolute Gasteiger partial charge is 0.512 e. The molecule has 7 rings (SSSR count). The Morgan fingerprint density at radius 1 is 0.812 bits per heavy atom. The topological polar surface area (TPSA) is 55.1 Å². The standard InChI is InChI=1S/C29H21N2Si.C13H24O2.Ir/c1-32(2)25-14-8-13-23-27(25)28-24(31(23)21-11-4-3-5-12-21)15-16-30-29(28)22-17-19-9-6-7-10-20(19)18-26(22)32;1-5-10(6-2)12(14)9-13(15)11(7-3)8-4;/h3-16,18H,1-2H3;9-11,14H,5-8H2,1-4H3;/q-1;;/b;12-9-;. The molecule has 0 unspecified atom stereocenters. The number of nitrogens with zero attached hydrogens (tertiary/aromatic N) is 2. The Morgan fingerprint density at radius 2 is 1.46 bits per heavy atom. The molecule has 0 bridgehead atoms. The van der Waals surface area contributed by atoms with E-state index in [0.717, 1.165) is 36.8 Å². The predicted molar refractivity (Wildman–Crippen MR) is 201 cm³/mol. The average molecular weight is 830 g/mol. The minimum Gasteiger partial charge on any atom is -0.512 e. The summed E-state index contributed by atoms with van der Waals surface area (Å²) in [5, 5.41) is 17.7. The Hall–Kier alpha value is -3.83. The molecule has 1 aliphatic heterocycles. The van der Waals surface area contributed by atoms with Crippen LogP contribution in [0.4, 0.5) is 0 Å². The Labute approximate surface area is 299 Å². The van der Waals surface area contributed by atoms with E-state index in [2.05, 4.69) is 109 Å². The number of hydrogen-bond acceptors (Lipinski definition) is 3. The molecule has 1 radical (unpaired) electrons. The fourth-order valence-corrected chi connectivity index (χ4v) is 10.3. The zero-order valence-electron chi connectivity index (χ0n) is 28.8. The summed E-state index contributed by atoms with van der Waals surface area (Å²) < 4.78 is 2.40. The van der Waals surface area contributed by atoms with E-state index in [1.807, 2.05) is 33.9 Å². The average Bonchev–Trinajstić information content (AvgIpc) is 3.40. The molecule has 0 amide bonds. The van der Waals surface area contributed by atoms with E-state index in [1.54, 1.807) is 0 Å². The van der Waals surface area contributed by atoms with Gasteiger partial charge in [0.05, 0.1) is 24.9 Å². The van der Waals surface area contributed by atoms with Crippen molar-refractivity contribution in [2.75, 3.05) is 0 Å². The van der Waals surface area contributed by atoms with Gasteiger partial charge in [0.15, 0.2) is 5.78 Å². The summed E-state index contributed by atoms with van der Waals surface area (Å²) >= 11 is 0. The summed E-state index contributed by atoms with van der Waals surface area (Å²) in [6.45, 7) is 13.0. The van der Waals surface area contributed by atoms with Crippen LogP contribution in [0.15, 0.2) is 103 Å². The number of fused-ring (bicyclic) bond motifs is 3. The second kappa shape index (κ2) is 14.7. The van der Waals surface area contributed by atoms with Gasteiger partial charge in [-0.3, -0.25) is 9.78 Å². The number of aliphatic hydroxyl groups excluding tert-OH is 1. The molecular weight excluding hydrogens is 785 g/mol. The number of aliphatic hydroxyl groups is 1. The maximum Gasteiger partial charge on any atom is 0.162 e. The van der Waals surface area contributed by atoms with Crippen LogP contribution < -0.4 is 10.4 Å². The van der Waals surface area contributed by atoms with Crippen molar-refractivity contribution in [3.63, 3.8) is 0 Å². The van der Waals surface area contributed by atoms with Crippen LogP contribution in [0.25, 0.3) is 49.5 Å². The molecule has 0 saturated heterocycles. The molecule has 1 N–H and O–H groups in total. The molecule has 4 aromatic carbocycles. The molecule has 0 saturated carbocycles. The smallest absolute Gasteiger partial charge is 0.162 e. The van der Waals surface area contributed by atoms with Gasteiger partial charge in [-0.05, 0) is 49.9 Å². The SMILES string of the molecule is CCC(CC)C(=O)/C=C(\O)C(CC)CC.C[Si]1(C)c2cc3ccccc3[c-]c2-c2nccc3c2c2c1cccc2n3-c1ccccc1.[Ir]. The maximum absolute atomic E-state index is 11.7. The first-order valence-corrected chi connectivity index (χ1v) is 20.1. The van der Waals surface area contributed by atoms with Crippen LogP contribution >= 0.6 is 0 Å². The van der Waals surface area contributed by atoms with Crippen molar-refractivity contribution in [2.45, 2.75) is 66.5 Å². The van der Waals surface area contributed by atoms with E-state index >= 15 is 0 Å². The molecule has 0 fully saturated rings. The first kappa shape index (κ1) is 35.5. The summed E-state index contributed by atoms with van der Waals surface area (Å²) in [7, 11) is -2.02. The number of carbonyl (C=O) groups excluding carboxylic acids is 1. The summed E-state index contributed by atoms with van der Waals surface area (Å²) in [4.78, 5) is 16.7. The number of carbonyl (C=O) groups is 1. The predicted octanol–water partition coefficient (Wildman–Crippen LogP) is 9.80. The van der Waals surface area contributed by atoms with Gasteiger partial charge in [-0.15, -0.1) is 28.8 Å². The van der Waals surface area contributed by atoms with Gasteiger partial charge in [-0.2, -0.15) is 0 Å². The molecular formula is C42H45IrN2O2Si-. The van der Waals surface area contributed by atoms with E-state index in [4.69, 9.17) is 4.98 Å². The number of hydrogen-bond donors (Lipinski definition) is 1. The van der Waals surface area contributed by atoms with Gasteiger partial charge in [0.2, 0.25) is 0 Å². The van der Waals surface area contributed by atoms with Crippen molar-refractivity contribution in [1.29, 1.82) is 0 Å². The number of ketones is 1. The third-order valence-corrected chi connectivity index (χ3v) is 13.7. The van der Waals surface area contributed by atoms with Crippen LogP contribution in [0.3, 0.4) is 0 Å². The van der Waals surface area contributed by atoms with Gasteiger partial charge in [0, 0.05) is 66.4 Å². The molecule has 6 heteroatoms. The Balaban J connectivity index is 0.000000243.